The summed E-state index contributed by atoms with van der Waals surface area (Å²) in [5.74, 6) is 0.637. The van der Waals surface area contributed by atoms with Crippen LogP contribution in [-0.2, 0) is 16.1 Å². The predicted octanol–water partition coefficient (Wildman–Crippen LogP) is 2.31. The van der Waals surface area contributed by atoms with Crippen LogP contribution in [0.25, 0.3) is 0 Å². The number of rotatable bonds is 6. The molecular weight excluding hydrogens is 252 g/mol. The van der Waals surface area contributed by atoms with Gasteiger partial charge in [0.15, 0.2) is 0 Å². The number of carbonyl (C=O) groups is 1. The minimum Gasteiger partial charge on any atom is -0.378 e. The van der Waals surface area contributed by atoms with Crippen LogP contribution in [0.4, 0.5) is 5.69 Å². The number of benzene rings is 1. The van der Waals surface area contributed by atoms with Crippen molar-refractivity contribution >= 4 is 11.6 Å². The largest absolute Gasteiger partial charge is 0.378 e. The lowest BCUT2D eigenvalue weighted by molar-refractivity contribution is -0.121. The Morgan fingerprint density at radius 2 is 2.20 bits per heavy atom. The van der Waals surface area contributed by atoms with Crippen LogP contribution in [0, 0.1) is 5.92 Å². The fraction of sp³-hybridized carbons (Fsp3) is 0.562. The zero-order valence-electron chi connectivity index (χ0n) is 12.3. The predicted molar refractivity (Wildman–Crippen MR) is 80.5 cm³/mol. The van der Waals surface area contributed by atoms with Gasteiger partial charge in [-0.15, -0.1) is 0 Å². The highest BCUT2D eigenvalue weighted by atomic mass is 16.5. The molecule has 1 amide bonds. The number of hydrogen-bond donors (Lipinski definition) is 1. The van der Waals surface area contributed by atoms with Crippen molar-refractivity contribution < 1.29 is 9.53 Å². The van der Waals surface area contributed by atoms with Crippen molar-refractivity contribution in [2.45, 2.75) is 38.8 Å². The van der Waals surface area contributed by atoms with E-state index in [1.807, 2.05) is 38.2 Å². The molecule has 0 aromatic heterocycles. The number of carbonyl (C=O) groups excluding carboxylic acids is 1. The van der Waals surface area contributed by atoms with Gasteiger partial charge in [-0.25, -0.2) is 0 Å². The molecule has 1 fully saturated rings. The number of nitrogens with zero attached hydrogens (tertiary/aromatic N) is 1. The van der Waals surface area contributed by atoms with Crippen molar-refractivity contribution in [2.75, 3.05) is 18.6 Å². The molecular formula is C16H24N2O2. The Labute approximate surface area is 120 Å². The molecule has 20 heavy (non-hydrogen) atoms. The number of amides is 1. The fourth-order valence-corrected chi connectivity index (χ4v) is 2.63. The Morgan fingerprint density at radius 1 is 1.45 bits per heavy atom. The van der Waals surface area contributed by atoms with Crippen LogP contribution in [0.15, 0.2) is 24.3 Å². The summed E-state index contributed by atoms with van der Waals surface area (Å²) < 4.78 is 5.53. The normalized spacial score (nSPS) is 21.4. The molecule has 1 aromatic carbocycles. The second kappa shape index (κ2) is 6.86. The third-order valence-corrected chi connectivity index (χ3v) is 3.97. The fourth-order valence-electron chi connectivity index (χ4n) is 2.63. The van der Waals surface area contributed by atoms with Crippen molar-refractivity contribution in [3.63, 3.8) is 0 Å². The molecule has 1 aliphatic carbocycles. The molecule has 4 heteroatoms. The lowest BCUT2D eigenvalue weighted by Crippen LogP contribution is -2.36. The average molecular weight is 276 g/mol. The highest BCUT2D eigenvalue weighted by Crippen LogP contribution is 2.33. The average Bonchev–Trinajstić information content (AvgIpc) is 2.44. The van der Waals surface area contributed by atoms with Gasteiger partial charge < -0.3 is 15.4 Å². The molecule has 0 radical (unpaired) electrons. The van der Waals surface area contributed by atoms with Gasteiger partial charge in [0.1, 0.15) is 0 Å². The first-order valence-corrected chi connectivity index (χ1v) is 7.31. The van der Waals surface area contributed by atoms with Crippen LogP contribution in [0.1, 0.15) is 31.7 Å². The maximum absolute atomic E-state index is 12.3. The lowest BCUT2D eigenvalue weighted by atomic mass is 9.79. The van der Waals surface area contributed by atoms with Crippen molar-refractivity contribution in [1.29, 1.82) is 0 Å². The highest BCUT2D eigenvalue weighted by molar-refractivity contribution is 5.93. The molecule has 0 spiro atoms. The van der Waals surface area contributed by atoms with Crippen molar-refractivity contribution in [1.82, 2.24) is 0 Å². The first kappa shape index (κ1) is 15.0. The van der Waals surface area contributed by atoms with Crippen molar-refractivity contribution in [3.8, 4) is 0 Å². The van der Waals surface area contributed by atoms with E-state index in [1.165, 1.54) is 0 Å². The summed E-state index contributed by atoms with van der Waals surface area (Å²) in [6.07, 6.45) is 2.99. The van der Waals surface area contributed by atoms with E-state index in [9.17, 15) is 4.79 Å². The van der Waals surface area contributed by atoms with E-state index in [-0.39, 0.29) is 5.91 Å². The van der Waals surface area contributed by atoms with E-state index in [0.29, 0.717) is 25.0 Å². The Kier molecular flexibility index (Phi) is 5.15. The van der Waals surface area contributed by atoms with E-state index in [4.69, 9.17) is 10.5 Å². The number of anilines is 1. The van der Waals surface area contributed by atoms with E-state index >= 15 is 0 Å². The molecule has 0 aliphatic heterocycles. The maximum Gasteiger partial charge on any atom is 0.226 e. The Bertz CT molecular complexity index is 456. The number of hydrogen-bond acceptors (Lipinski definition) is 3. The minimum atomic E-state index is 0.166. The molecule has 0 unspecified atom stereocenters. The smallest absolute Gasteiger partial charge is 0.226 e. The van der Waals surface area contributed by atoms with Crippen LogP contribution >= 0.6 is 0 Å². The van der Waals surface area contributed by atoms with Gasteiger partial charge in [0.25, 0.3) is 0 Å². The summed E-state index contributed by atoms with van der Waals surface area (Å²) in [4.78, 5) is 14.0. The molecule has 0 heterocycles. The lowest BCUT2D eigenvalue weighted by Gasteiger charge is -2.35. The van der Waals surface area contributed by atoms with Gasteiger partial charge in [0, 0.05) is 32.3 Å². The second-order valence-electron chi connectivity index (χ2n) is 5.45. The van der Waals surface area contributed by atoms with Gasteiger partial charge in [0.2, 0.25) is 5.91 Å². The van der Waals surface area contributed by atoms with E-state index in [2.05, 4.69) is 0 Å². The van der Waals surface area contributed by atoms with Gasteiger partial charge in [-0.1, -0.05) is 12.1 Å². The van der Waals surface area contributed by atoms with Crippen LogP contribution in [0.3, 0.4) is 0 Å². The first-order chi connectivity index (χ1) is 9.63. The van der Waals surface area contributed by atoms with Gasteiger partial charge in [-0.05, 0) is 43.4 Å². The molecule has 0 bridgehead atoms. The molecule has 1 saturated carbocycles. The van der Waals surface area contributed by atoms with Crippen LogP contribution in [0.5, 0.6) is 0 Å². The second-order valence-corrected chi connectivity index (χ2v) is 5.45. The van der Waals surface area contributed by atoms with Crippen LogP contribution in [-0.4, -0.2) is 25.7 Å². The van der Waals surface area contributed by atoms with Crippen LogP contribution < -0.4 is 10.6 Å². The van der Waals surface area contributed by atoms with Gasteiger partial charge in [0.05, 0.1) is 6.10 Å². The summed E-state index contributed by atoms with van der Waals surface area (Å²) in [5.41, 5.74) is 7.59. The Morgan fingerprint density at radius 3 is 2.85 bits per heavy atom. The van der Waals surface area contributed by atoms with Crippen molar-refractivity contribution in [3.05, 3.63) is 29.8 Å². The molecule has 110 valence electrons. The zero-order chi connectivity index (χ0) is 14.5. The number of nitrogens with two attached hydrogens (primary N) is 1. The summed E-state index contributed by atoms with van der Waals surface area (Å²) >= 11 is 0. The van der Waals surface area contributed by atoms with Gasteiger partial charge in [-0.2, -0.15) is 0 Å². The molecule has 2 rings (SSSR count). The highest BCUT2D eigenvalue weighted by Gasteiger charge is 2.31. The third-order valence-electron chi connectivity index (χ3n) is 3.97. The quantitative estimate of drug-likeness (QED) is 0.867. The molecule has 0 atom stereocenters. The standard InChI is InChI=1S/C16H24N2O2/c1-3-20-15-8-13(9-15)10-16(19)18(2)14-6-4-5-12(7-14)11-17/h4-7,13,15H,3,8-11,17H2,1-2H3. The summed E-state index contributed by atoms with van der Waals surface area (Å²) in [6.45, 7) is 3.27. The van der Waals surface area contributed by atoms with E-state index in [1.54, 1.807) is 4.90 Å². The molecule has 1 aromatic rings. The van der Waals surface area contributed by atoms with Crippen molar-refractivity contribution in [2.24, 2.45) is 11.7 Å². The van der Waals surface area contributed by atoms with E-state index < -0.39 is 0 Å². The molecule has 2 N–H and O–H groups in total. The molecule has 1 aliphatic rings. The summed E-state index contributed by atoms with van der Waals surface area (Å²) in [6, 6.07) is 7.83. The van der Waals surface area contributed by atoms with E-state index in [0.717, 1.165) is 30.7 Å². The van der Waals surface area contributed by atoms with Gasteiger partial charge >= 0.3 is 0 Å². The molecule has 4 nitrogen and oxygen atoms in total. The Hall–Kier alpha value is -1.39. The summed E-state index contributed by atoms with van der Waals surface area (Å²) in [5, 5.41) is 0. The Balaban J connectivity index is 1.86. The first-order valence-electron chi connectivity index (χ1n) is 7.31. The topological polar surface area (TPSA) is 55.6 Å². The monoisotopic (exact) mass is 276 g/mol. The third kappa shape index (κ3) is 3.58. The minimum absolute atomic E-state index is 0.166. The number of ether oxygens (including phenoxy) is 1. The maximum atomic E-state index is 12.3. The summed E-state index contributed by atoms with van der Waals surface area (Å²) in [7, 11) is 1.83. The van der Waals surface area contributed by atoms with Gasteiger partial charge in [-0.3, -0.25) is 4.79 Å². The zero-order valence-corrected chi connectivity index (χ0v) is 12.3. The molecule has 0 saturated heterocycles. The SMILES string of the molecule is CCOC1CC(CC(=O)N(C)c2cccc(CN)c2)C1. The van der Waals surface area contributed by atoms with Crippen LogP contribution in [0.2, 0.25) is 0 Å².